The molecule has 0 bridgehead atoms. The summed E-state index contributed by atoms with van der Waals surface area (Å²) in [6.07, 6.45) is 0.277. The van der Waals surface area contributed by atoms with Crippen LogP contribution in [-0.4, -0.2) is 26.3 Å². The summed E-state index contributed by atoms with van der Waals surface area (Å²) in [5.41, 5.74) is 0. The number of methoxy groups -OCH3 is 1. The van der Waals surface area contributed by atoms with Gasteiger partial charge in [0.1, 0.15) is 17.6 Å². The van der Waals surface area contributed by atoms with Crippen molar-refractivity contribution in [2.45, 2.75) is 13.0 Å². The highest BCUT2D eigenvalue weighted by molar-refractivity contribution is 5.31. The number of rotatable bonds is 4. The molecule has 1 aliphatic heterocycles. The fourth-order valence-electron chi connectivity index (χ4n) is 1.61. The Kier molecular flexibility index (Phi) is 3.11. The van der Waals surface area contributed by atoms with Crippen LogP contribution >= 0.6 is 0 Å². The van der Waals surface area contributed by atoms with E-state index >= 15 is 0 Å². The molecule has 1 fully saturated rings. The predicted octanol–water partition coefficient (Wildman–Crippen LogP) is 1.68. The van der Waals surface area contributed by atoms with Gasteiger partial charge in [-0.3, -0.25) is 0 Å². The first-order valence-corrected chi connectivity index (χ1v) is 5.31. The Morgan fingerprint density at radius 3 is 2.27 bits per heavy atom. The lowest BCUT2D eigenvalue weighted by atomic mass is 9.98. The molecule has 15 heavy (non-hydrogen) atoms. The Hall–Kier alpha value is -1.22. The third-order valence-electron chi connectivity index (χ3n) is 2.86. The molecule has 1 atom stereocenters. The molecule has 1 aromatic carbocycles. The van der Waals surface area contributed by atoms with Gasteiger partial charge in [-0.05, 0) is 31.2 Å². The van der Waals surface area contributed by atoms with E-state index < -0.39 is 0 Å². The zero-order valence-electron chi connectivity index (χ0n) is 9.19. The van der Waals surface area contributed by atoms with Gasteiger partial charge in [-0.1, -0.05) is 0 Å². The van der Waals surface area contributed by atoms with Crippen molar-refractivity contribution >= 4 is 0 Å². The number of hydrogen-bond acceptors (Lipinski definition) is 3. The summed E-state index contributed by atoms with van der Waals surface area (Å²) >= 11 is 0. The summed E-state index contributed by atoms with van der Waals surface area (Å²) in [6.45, 7) is 4.25. The SMILES string of the molecule is COc1ccc(OC(C)C2CNC2)cc1. The maximum atomic E-state index is 5.82. The maximum Gasteiger partial charge on any atom is 0.119 e. The van der Waals surface area contributed by atoms with Gasteiger partial charge in [0.05, 0.1) is 7.11 Å². The zero-order valence-corrected chi connectivity index (χ0v) is 9.19. The highest BCUT2D eigenvalue weighted by Crippen LogP contribution is 2.21. The van der Waals surface area contributed by atoms with Gasteiger partial charge >= 0.3 is 0 Å². The van der Waals surface area contributed by atoms with Crippen LogP contribution in [0.5, 0.6) is 11.5 Å². The maximum absolute atomic E-state index is 5.82. The molecule has 0 radical (unpaired) electrons. The highest BCUT2D eigenvalue weighted by Gasteiger charge is 2.24. The Balaban J connectivity index is 1.91. The lowest BCUT2D eigenvalue weighted by Crippen LogP contribution is -2.49. The summed E-state index contributed by atoms with van der Waals surface area (Å²) in [4.78, 5) is 0. The van der Waals surface area contributed by atoms with Crippen molar-refractivity contribution in [3.8, 4) is 11.5 Å². The van der Waals surface area contributed by atoms with Crippen molar-refractivity contribution in [3.05, 3.63) is 24.3 Å². The Bertz CT molecular complexity index is 306. The van der Waals surface area contributed by atoms with Gasteiger partial charge in [-0.15, -0.1) is 0 Å². The molecule has 3 heteroatoms. The van der Waals surface area contributed by atoms with E-state index in [1.165, 1.54) is 0 Å². The average Bonchev–Trinajstić information content (AvgIpc) is 2.16. The van der Waals surface area contributed by atoms with Gasteiger partial charge in [-0.2, -0.15) is 0 Å². The van der Waals surface area contributed by atoms with Gasteiger partial charge < -0.3 is 14.8 Å². The number of benzene rings is 1. The van der Waals surface area contributed by atoms with Crippen molar-refractivity contribution in [2.75, 3.05) is 20.2 Å². The Morgan fingerprint density at radius 1 is 1.20 bits per heavy atom. The van der Waals surface area contributed by atoms with E-state index in [1.54, 1.807) is 7.11 Å². The number of nitrogens with one attached hydrogen (secondary N) is 1. The molecule has 2 rings (SSSR count). The third-order valence-corrected chi connectivity index (χ3v) is 2.86. The third kappa shape index (κ3) is 2.42. The first-order chi connectivity index (χ1) is 7.29. The first kappa shape index (κ1) is 10.3. The summed E-state index contributed by atoms with van der Waals surface area (Å²) < 4.78 is 10.9. The van der Waals surface area contributed by atoms with Gasteiger partial charge in [0, 0.05) is 19.0 Å². The molecule has 0 aromatic heterocycles. The highest BCUT2D eigenvalue weighted by atomic mass is 16.5. The number of ether oxygens (including phenoxy) is 2. The van der Waals surface area contributed by atoms with Gasteiger partial charge in [0.2, 0.25) is 0 Å². The summed E-state index contributed by atoms with van der Waals surface area (Å²) in [6, 6.07) is 7.73. The normalized spacial score (nSPS) is 18.0. The van der Waals surface area contributed by atoms with Crippen molar-refractivity contribution in [3.63, 3.8) is 0 Å². The summed E-state index contributed by atoms with van der Waals surface area (Å²) in [7, 11) is 1.67. The zero-order chi connectivity index (χ0) is 10.7. The van der Waals surface area contributed by atoms with Crippen LogP contribution in [0.4, 0.5) is 0 Å². The molecule has 1 N–H and O–H groups in total. The molecule has 1 heterocycles. The van der Waals surface area contributed by atoms with E-state index in [4.69, 9.17) is 9.47 Å². The molecule has 0 aliphatic carbocycles. The van der Waals surface area contributed by atoms with Crippen LogP contribution in [0.1, 0.15) is 6.92 Å². The molecule has 0 amide bonds. The van der Waals surface area contributed by atoms with Crippen LogP contribution in [0.25, 0.3) is 0 Å². The minimum atomic E-state index is 0.277. The van der Waals surface area contributed by atoms with Crippen LogP contribution in [0.2, 0.25) is 0 Å². The molecule has 1 saturated heterocycles. The monoisotopic (exact) mass is 207 g/mol. The van der Waals surface area contributed by atoms with Gasteiger partial charge in [0.25, 0.3) is 0 Å². The lowest BCUT2D eigenvalue weighted by molar-refractivity contribution is 0.114. The topological polar surface area (TPSA) is 30.5 Å². The second-order valence-electron chi connectivity index (χ2n) is 3.92. The lowest BCUT2D eigenvalue weighted by Gasteiger charge is -2.32. The Labute approximate surface area is 90.4 Å². The van der Waals surface area contributed by atoms with Crippen molar-refractivity contribution in [1.29, 1.82) is 0 Å². The average molecular weight is 207 g/mol. The molecular weight excluding hydrogens is 190 g/mol. The number of hydrogen-bond donors (Lipinski definition) is 1. The van der Waals surface area contributed by atoms with Crippen LogP contribution in [0, 0.1) is 5.92 Å². The molecule has 1 unspecified atom stereocenters. The van der Waals surface area contributed by atoms with Crippen molar-refractivity contribution in [2.24, 2.45) is 5.92 Å². The minimum absolute atomic E-state index is 0.277. The largest absolute Gasteiger partial charge is 0.497 e. The van der Waals surface area contributed by atoms with Crippen LogP contribution in [0.3, 0.4) is 0 Å². The van der Waals surface area contributed by atoms with Crippen LogP contribution in [-0.2, 0) is 0 Å². The second-order valence-corrected chi connectivity index (χ2v) is 3.92. The summed E-state index contributed by atoms with van der Waals surface area (Å²) in [5, 5.41) is 3.25. The second kappa shape index (κ2) is 4.53. The van der Waals surface area contributed by atoms with Gasteiger partial charge in [0.15, 0.2) is 0 Å². The smallest absolute Gasteiger partial charge is 0.119 e. The van der Waals surface area contributed by atoms with E-state index in [0.29, 0.717) is 5.92 Å². The van der Waals surface area contributed by atoms with E-state index in [0.717, 1.165) is 24.6 Å². The molecule has 82 valence electrons. The van der Waals surface area contributed by atoms with E-state index in [2.05, 4.69) is 12.2 Å². The van der Waals surface area contributed by atoms with Crippen molar-refractivity contribution < 1.29 is 9.47 Å². The fraction of sp³-hybridized carbons (Fsp3) is 0.500. The molecule has 1 aromatic rings. The fourth-order valence-corrected chi connectivity index (χ4v) is 1.61. The Morgan fingerprint density at radius 2 is 1.80 bits per heavy atom. The van der Waals surface area contributed by atoms with E-state index in [-0.39, 0.29) is 6.10 Å². The van der Waals surface area contributed by atoms with Crippen LogP contribution in [0.15, 0.2) is 24.3 Å². The van der Waals surface area contributed by atoms with Crippen LogP contribution < -0.4 is 14.8 Å². The quantitative estimate of drug-likeness (QED) is 0.815. The molecule has 0 spiro atoms. The standard InChI is InChI=1S/C12H17NO2/c1-9(10-7-13-8-10)15-12-5-3-11(14-2)4-6-12/h3-6,9-10,13H,7-8H2,1-2H3. The molecule has 0 saturated carbocycles. The van der Waals surface area contributed by atoms with Crippen molar-refractivity contribution in [1.82, 2.24) is 5.32 Å². The van der Waals surface area contributed by atoms with Gasteiger partial charge in [-0.25, -0.2) is 0 Å². The summed E-state index contributed by atoms with van der Waals surface area (Å²) in [5.74, 6) is 2.42. The predicted molar refractivity (Wildman–Crippen MR) is 59.4 cm³/mol. The first-order valence-electron chi connectivity index (χ1n) is 5.31. The van der Waals surface area contributed by atoms with E-state index in [9.17, 15) is 0 Å². The molecule has 1 aliphatic rings. The minimum Gasteiger partial charge on any atom is -0.497 e. The molecular formula is C12H17NO2. The molecule has 3 nitrogen and oxygen atoms in total. The van der Waals surface area contributed by atoms with E-state index in [1.807, 2.05) is 24.3 Å².